The first kappa shape index (κ1) is 21.9. The van der Waals surface area contributed by atoms with Crippen LogP contribution in [-0.4, -0.2) is 57.8 Å². The van der Waals surface area contributed by atoms with Crippen LogP contribution >= 0.6 is 0 Å². The summed E-state index contributed by atoms with van der Waals surface area (Å²) in [5.41, 5.74) is -0.755. The van der Waals surface area contributed by atoms with Crippen molar-refractivity contribution in [3.05, 3.63) is 57.8 Å². The molecule has 0 aliphatic carbocycles. The van der Waals surface area contributed by atoms with Gasteiger partial charge in [-0.05, 0) is 25.2 Å². The maximum atomic E-state index is 15.3. The van der Waals surface area contributed by atoms with Gasteiger partial charge in [0.05, 0.1) is 33.1 Å². The summed E-state index contributed by atoms with van der Waals surface area (Å²) in [6.45, 7) is 2.11. The number of hydrogen-bond acceptors (Lipinski definition) is 6. The number of nitrogens with one attached hydrogen (secondary N) is 1. The largest absolute Gasteiger partial charge is 0.364 e. The lowest BCUT2D eigenvalue weighted by molar-refractivity contribution is 0.310. The smallest absolute Gasteiger partial charge is 0.193 e. The molecular formula is C22H20F2N4O3S. The monoisotopic (exact) mass is 458 g/mol. The fourth-order valence-corrected chi connectivity index (χ4v) is 4.81. The van der Waals surface area contributed by atoms with Crippen LogP contribution in [0.2, 0.25) is 0 Å². The molecule has 1 N–H and O–H groups in total. The van der Waals surface area contributed by atoms with Crippen LogP contribution in [0.25, 0.3) is 22.2 Å². The summed E-state index contributed by atoms with van der Waals surface area (Å²) >= 11 is 0. The molecule has 0 radical (unpaired) electrons. The molecule has 32 heavy (non-hydrogen) atoms. The molecule has 0 spiro atoms. The molecule has 1 aliphatic rings. The van der Waals surface area contributed by atoms with E-state index in [2.05, 4.69) is 4.98 Å². The van der Waals surface area contributed by atoms with E-state index < -0.39 is 26.9 Å². The highest BCUT2D eigenvalue weighted by molar-refractivity contribution is 7.90. The van der Waals surface area contributed by atoms with Gasteiger partial charge in [0.15, 0.2) is 26.9 Å². The Balaban J connectivity index is 1.93. The number of piperazine rings is 1. The Labute approximate surface area is 183 Å². The van der Waals surface area contributed by atoms with Gasteiger partial charge in [-0.25, -0.2) is 17.2 Å². The van der Waals surface area contributed by atoms with Crippen molar-refractivity contribution >= 4 is 26.4 Å². The van der Waals surface area contributed by atoms with Crippen LogP contribution in [0.3, 0.4) is 0 Å². The number of halogens is 2. The zero-order valence-electron chi connectivity index (χ0n) is 17.4. The molecule has 2 aromatic carbocycles. The summed E-state index contributed by atoms with van der Waals surface area (Å²) in [5.74, 6) is -1.77. The minimum absolute atomic E-state index is 0.0474. The molecule has 4 rings (SSSR count). The summed E-state index contributed by atoms with van der Waals surface area (Å²) < 4.78 is 54.7. The van der Waals surface area contributed by atoms with Gasteiger partial charge in [0, 0.05) is 50.1 Å². The van der Waals surface area contributed by atoms with Gasteiger partial charge < -0.3 is 14.8 Å². The predicted molar refractivity (Wildman–Crippen MR) is 117 cm³/mol. The Morgan fingerprint density at radius 3 is 2.41 bits per heavy atom. The van der Waals surface area contributed by atoms with Crippen molar-refractivity contribution in [2.75, 3.05) is 44.4 Å². The number of H-pyrrole nitrogens is 1. The third-order valence-corrected chi connectivity index (χ3v) is 6.76. The van der Waals surface area contributed by atoms with Gasteiger partial charge in [0.2, 0.25) is 0 Å². The number of nitriles is 1. The van der Waals surface area contributed by atoms with Crippen LogP contribution in [-0.2, 0) is 9.84 Å². The van der Waals surface area contributed by atoms with E-state index in [1.165, 1.54) is 18.2 Å². The van der Waals surface area contributed by atoms with E-state index >= 15 is 4.39 Å². The average molecular weight is 458 g/mol. The van der Waals surface area contributed by atoms with Crippen LogP contribution < -0.4 is 10.3 Å². The second-order valence-electron chi connectivity index (χ2n) is 7.88. The average Bonchev–Trinajstić information content (AvgIpc) is 2.73. The number of pyridine rings is 1. The molecule has 1 aliphatic heterocycles. The maximum absolute atomic E-state index is 15.3. The maximum Gasteiger partial charge on any atom is 0.193 e. The highest BCUT2D eigenvalue weighted by Gasteiger charge is 2.25. The highest BCUT2D eigenvalue weighted by atomic mass is 32.2. The lowest BCUT2D eigenvalue weighted by Gasteiger charge is -2.34. The van der Waals surface area contributed by atoms with Crippen LogP contribution in [0.5, 0.6) is 0 Å². The van der Waals surface area contributed by atoms with Crippen molar-refractivity contribution in [2.24, 2.45) is 0 Å². The second kappa shape index (κ2) is 8.00. The van der Waals surface area contributed by atoms with Crippen LogP contribution in [0, 0.1) is 23.0 Å². The normalized spacial score (nSPS) is 15.2. The number of fused-ring (bicyclic) bond motifs is 1. The molecule has 1 fully saturated rings. The van der Waals surface area contributed by atoms with Crippen molar-refractivity contribution in [2.45, 2.75) is 4.90 Å². The molecule has 0 atom stereocenters. The van der Waals surface area contributed by atoms with Gasteiger partial charge in [-0.15, -0.1) is 0 Å². The van der Waals surface area contributed by atoms with E-state index in [1.54, 1.807) is 4.90 Å². The topological polar surface area (TPSA) is 97.3 Å². The third-order valence-electron chi connectivity index (χ3n) is 5.60. The summed E-state index contributed by atoms with van der Waals surface area (Å²) in [6, 6.07) is 7.97. The van der Waals surface area contributed by atoms with Crippen molar-refractivity contribution in [3.8, 4) is 17.3 Å². The molecule has 1 saturated heterocycles. The van der Waals surface area contributed by atoms with E-state index in [1.807, 2.05) is 18.0 Å². The summed E-state index contributed by atoms with van der Waals surface area (Å²) in [4.78, 5) is 19.2. The molecule has 2 heterocycles. The SMILES string of the molecule is CN1CCN(c2c(F)cc3[nH]c(-c4cc(C#N)ccc4S(C)(=O)=O)cc(=O)c3c2F)CC1. The summed E-state index contributed by atoms with van der Waals surface area (Å²) in [6.07, 6.45) is 0.999. The van der Waals surface area contributed by atoms with Crippen molar-refractivity contribution in [1.82, 2.24) is 9.88 Å². The molecule has 1 aromatic heterocycles. The quantitative estimate of drug-likeness (QED) is 0.648. The second-order valence-corrected chi connectivity index (χ2v) is 9.86. The van der Waals surface area contributed by atoms with E-state index in [4.69, 9.17) is 0 Å². The number of hydrogen-bond donors (Lipinski definition) is 1. The standard InChI is InChI=1S/C22H20F2N4O3S/c1-27-5-7-28(8-6-27)22-15(23)10-17-20(21(22)24)18(29)11-16(26-17)14-9-13(12-25)3-4-19(14)32(2,30)31/h3-4,9-11H,5-8H2,1-2H3,(H,26,29). The summed E-state index contributed by atoms with van der Waals surface area (Å²) in [5, 5.41) is 8.89. The van der Waals surface area contributed by atoms with E-state index in [0.717, 1.165) is 18.4 Å². The Morgan fingerprint density at radius 1 is 1.09 bits per heavy atom. The number of benzene rings is 2. The number of rotatable bonds is 3. The first-order valence-corrected chi connectivity index (χ1v) is 11.7. The van der Waals surface area contributed by atoms with Gasteiger partial charge in [0.1, 0.15) is 5.69 Å². The minimum Gasteiger partial charge on any atom is -0.364 e. The molecule has 3 aromatic rings. The number of sulfone groups is 1. The fraction of sp³-hybridized carbons (Fsp3) is 0.273. The van der Waals surface area contributed by atoms with Crippen molar-refractivity contribution < 1.29 is 17.2 Å². The lowest BCUT2D eigenvalue weighted by Crippen LogP contribution is -2.45. The molecule has 0 bridgehead atoms. The number of anilines is 1. The van der Waals surface area contributed by atoms with Gasteiger partial charge in [0.25, 0.3) is 0 Å². The van der Waals surface area contributed by atoms with Gasteiger partial charge in [-0.3, -0.25) is 4.79 Å². The van der Waals surface area contributed by atoms with Crippen molar-refractivity contribution in [1.29, 1.82) is 5.26 Å². The number of aromatic nitrogens is 1. The van der Waals surface area contributed by atoms with E-state index in [0.29, 0.717) is 26.2 Å². The summed E-state index contributed by atoms with van der Waals surface area (Å²) in [7, 11) is -1.79. The molecular weight excluding hydrogens is 438 g/mol. The fourth-order valence-electron chi connectivity index (χ4n) is 3.93. The Morgan fingerprint density at radius 2 is 1.78 bits per heavy atom. The highest BCUT2D eigenvalue weighted by Crippen LogP contribution is 2.32. The molecule has 166 valence electrons. The van der Waals surface area contributed by atoms with Gasteiger partial charge in [-0.1, -0.05) is 0 Å². The first-order chi connectivity index (χ1) is 15.1. The van der Waals surface area contributed by atoms with Gasteiger partial charge in [-0.2, -0.15) is 5.26 Å². The zero-order valence-corrected chi connectivity index (χ0v) is 18.3. The first-order valence-electron chi connectivity index (χ1n) is 9.83. The van der Waals surface area contributed by atoms with Crippen molar-refractivity contribution in [3.63, 3.8) is 0 Å². The van der Waals surface area contributed by atoms with Crippen LogP contribution in [0.15, 0.2) is 40.0 Å². The number of aromatic amines is 1. The molecule has 0 unspecified atom stereocenters. The van der Waals surface area contributed by atoms with E-state index in [9.17, 15) is 22.9 Å². The number of nitrogens with zero attached hydrogens (tertiary/aromatic N) is 3. The molecule has 10 heteroatoms. The van der Waals surface area contributed by atoms with E-state index in [-0.39, 0.29) is 38.3 Å². The van der Waals surface area contributed by atoms with Gasteiger partial charge >= 0.3 is 0 Å². The Bertz CT molecular complexity index is 1440. The molecule has 0 saturated carbocycles. The number of likely N-dealkylation sites (N-methyl/N-ethyl adjacent to an activating group) is 1. The minimum atomic E-state index is -3.71. The van der Waals surface area contributed by atoms with Crippen LogP contribution in [0.1, 0.15) is 5.56 Å². The molecule has 0 amide bonds. The zero-order chi connectivity index (χ0) is 23.2. The predicted octanol–water partition coefficient (Wildman–Crippen LogP) is 2.50. The third kappa shape index (κ3) is 3.85. The Hall–Kier alpha value is -3.29. The van der Waals surface area contributed by atoms with Crippen LogP contribution in [0.4, 0.5) is 14.5 Å². The lowest BCUT2D eigenvalue weighted by atomic mass is 10.1. The Kier molecular flexibility index (Phi) is 5.48. The molecule has 7 nitrogen and oxygen atoms in total.